The van der Waals surface area contributed by atoms with Crippen molar-refractivity contribution in [2.75, 3.05) is 4.90 Å². The molecule has 168 valence electrons. The first-order chi connectivity index (χ1) is 15.5. The Balaban J connectivity index is 1.99. The van der Waals surface area contributed by atoms with E-state index in [1.165, 1.54) is 29.2 Å². The molecule has 2 aliphatic rings. The van der Waals surface area contributed by atoms with Crippen LogP contribution >= 0.6 is 11.3 Å². The van der Waals surface area contributed by atoms with Gasteiger partial charge >= 0.3 is 5.00 Å². The molecule has 0 amide bonds. The Morgan fingerprint density at radius 3 is 2.52 bits per heavy atom. The summed E-state index contributed by atoms with van der Waals surface area (Å²) in [6.07, 6.45) is 0.664. The molecule has 1 aromatic carbocycles. The monoisotopic (exact) mass is 465 g/mol. The van der Waals surface area contributed by atoms with E-state index in [1.54, 1.807) is 12.1 Å². The summed E-state index contributed by atoms with van der Waals surface area (Å²) in [5.74, 6) is -0.969. The van der Waals surface area contributed by atoms with Gasteiger partial charge in [0.2, 0.25) is 0 Å². The highest BCUT2D eigenvalue weighted by molar-refractivity contribution is 7.15. The highest BCUT2D eigenvalue weighted by Gasteiger charge is 2.45. The summed E-state index contributed by atoms with van der Waals surface area (Å²) >= 11 is 0.896. The van der Waals surface area contributed by atoms with Crippen LogP contribution in [0.4, 0.5) is 16.4 Å². The number of hydrogen-bond donors (Lipinski definition) is 1. The van der Waals surface area contributed by atoms with E-state index in [0.717, 1.165) is 11.3 Å². The van der Waals surface area contributed by atoms with Crippen LogP contribution < -0.4 is 10.6 Å². The highest BCUT2D eigenvalue weighted by atomic mass is 32.1. The SMILES string of the molecule is CC1(C)CC(=O)C2=C(C1)N(c1cccc([N+](=O)[O-])c1)C(N)=C(C#N)[C@@H]2c1ccc([N+](=O)[O-])s1. The van der Waals surface area contributed by atoms with Crippen molar-refractivity contribution < 1.29 is 14.6 Å². The van der Waals surface area contributed by atoms with Crippen LogP contribution in [0.3, 0.4) is 0 Å². The molecule has 0 fully saturated rings. The number of carbonyl (C=O) groups is 1. The van der Waals surface area contributed by atoms with Gasteiger partial charge in [0, 0.05) is 40.8 Å². The van der Waals surface area contributed by atoms with Crippen LogP contribution in [0.25, 0.3) is 0 Å². The molecule has 1 aliphatic carbocycles. The number of hydrogen-bond acceptors (Lipinski definition) is 9. The average molecular weight is 465 g/mol. The standard InChI is InChI=1S/C22H19N5O5S/c1-22(2)9-15-20(16(28)10-22)19(17-6-7-18(33-17)27(31)32)14(11-23)21(24)25(15)12-4-3-5-13(8-12)26(29)30/h3-8,19H,9-10,24H2,1-2H3/t19-/m1/s1. The molecule has 0 saturated heterocycles. The van der Waals surface area contributed by atoms with Crippen LogP contribution in [0.2, 0.25) is 0 Å². The van der Waals surface area contributed by atoms with Crippen LogP contribution in [0.15, 0.2) is 59.1 Å². The van der Waals surface area contributed by atoms with Crippen LogP contribution in [0, 0.1) is 37.0 Å². The molecule has 0 saturated carbocycles. The Morgan fingerprint density at radius 2 is 1.91 bits per heavy atom. The van der Waals surface area contributed by atoms with Gasteiger partial charge in [0.1, 0.15) is 5.82 Å². The van der Waals surface area contributed by atoms with E-state index in [-0.39, 0.29) is 34.3 Å². The molecule has 1 aromatic heterocycles. The van der Waals surface area contributed by atoms with Gasteiger partial charge in [0.15, 0.2) is 5.78 Å². The van der Waals surface area contributed by atoms with Crippen molar-refractivity contribution in [1.82, 2.24) is 0 Å². The number of Topliss-reactive ketones (excluding diaryl/α,β-unsaturated/α-hetero) is 1. The maximum atomic E-state index is 13.4. The second-order valence-corrected chi connectivity index (χ2v) is 9.78. The highest BCUT2D eigenvalue weighted by Crippen LogP contribution is 2.51. The molecular formula is C22H19N5O5S. The van der Waals surface area contributed by atoms with Crippen molar-refractivity contribution in [3.63, 3.8) is 0 Å². The molecule has 0 radical (unpaired) electrons. The number of nitro groups is 2. The third kappa shape index (κ3) is 3.74. The lowest BCUT2D eigenvalue weighted by atomic mass is 9.69. The number of nitrogens with two attached hydrogens (primary N) is 1. The number of non-ortho nitro benzene ring substituents is 1. The maximum absolute atomic E-state index is 13.4. The zero-order valence-corrected chi connectivity index (χ0v) is 18.6. The number of carbonyl (C=O) groups excluding carboxylic acids is 1. The van der Waals surface area contributed by atoms with Crippen molar-refractivity contribution in [2.24, 2.45) is 11.1 Å². The van der Waals surface area contributed by atoms with Crippen molar-refractivity contribution >= 4 is 33.5 Å². The van der Waals surface area contributed by atoms with Gasteiger partial charge in [-0.2, -0.15) is 5.26 Å². The Labute approximate surface area is 192 Å². The largest absolute Gasteiger partial charge is 0.384 e. The van der Waals surface area contributed by atoms with Crippen molar-refractivity contribution in [3.05, 3.63) is 84.2 Å². The van der Waals surface area contributed by atoms with Crippen molar-refractivity contribution in [3.8, 4) is 6.07 Å². The molecule has 10 nitrogen and oxygen atoms in total. The molecule has 4 rings (SSSR count). The van der Waals surface area contributed by atoms with E-state index in [4.69, 9.17) is 5.73 Å². The predicted molar refractivity (Wildman–Crippen MR) is 121 cm³/mol. The number of nitro benzene ring substituents is 1. The zero-order chi connectivity index (χ0) is 24.1. The van der Waals surface area contributed by atoms with Crippen LogP contribution in [-0.4, -0.2) is 15.6 Å². The van der Waals surface area contributed by atoms with E-state index < -0.39 is 21.2 Å². The van der Waals surface area contributed by atoms with E-state index in [0.29, 0.717) is 28.3 Å². The number of ketones is 1. The number of anilines is 1. The van der Waals surface area contributed by atoms with Gasteiger partial charge in [-0.15, -0.1) is 0 Å². The smallest absolute Gasteiger partial charge is 0.324 e. The second kappa shape index (κ2) is 7.83. The van der Waals surface area contributed by atoms with Crippen molar-refractivity contribution in [2.45, 2.75) is 32.6 Å². The average Bonchev–Trinajstić information content (AvgIpc) is 3.22. The molecule has 0 bridgehead atoms. The fraction of sp³-hybridized carbons (Fsp3) is 0.273. The van der Waals surface area contributed by atoms with Crippen LogP contribution in [0.5, 0.6) is 0 Å². The topological polar surface area (TPSA) is 156 Å². The summed E-state index contributed by atoms with van der Waals surface area (Å²) in [7, 11) is 0. The minimum Gasteiger partial charge on any atom is -0.384 e. The Hall–Kier alpha value is -4.04. The van der Waals surface area contributed by atoms with E-state index in [1.807, 2.05) is 13.8 Å². The Morgan fingerprint density at radius 1 is 1.18 bits per heavy atom. The summed E-state index contributed by atoms with van der Waals surface area (Å²) in [5.41, 5.74) is 7.24. The lowest BCUT2D eigenvalue weighted by Gasteiger charge is -2.43. The first-order valence-corrected chi connectivity index (χ1v) is 10.8. The predicted octanol–water partition coefficient (Wildman–Crippen LogP) is 4.51. The summed E-state index contributed by atoms with van der Waals surface area (Å²) in [6, 6.07) is 10.8. The first kappa shape index (κ1) is 22.2. The van der Waals surface area contributed by atoms with Gasteiger partial charge in [-0.3, -0.25) is 29.9 Å². The third-order valence-electron chi connectivity index (χ3n) is 5.76. The fourth-order valence-corrected chi connectivity index (χ4v) is 5.37. The van der Waals surface area contributed by atoms with Gasteiger partial charge in [0.05, 0.1) is 33.1 Å². The summed E-state index contributed by atoms with van der Waals surface area (Å²) in [6.45, 7) is 3.87. The number of benzene rings is 1. The number of nitriles is 1. The molecule has 0 spiro atoms. The van der Waals surface area contributed by atoms with E-state index >= 15 is 0 Å². The summed E-state index contributed by atoms with van der Waals surface area (Å²) in [5, 5.41) is 32.5. The van der Waals surface area contributed by atoms with Crippen molar-refractivity contribution in [1.29, 1.82) is 5.26 Å². The minimum atomic E-state index is -0.831. The van der Waals surface area contributed by atoms with Gasteiger partial charge in [-0.25, -0.2) is 0 Å². The normalized spacial score (nSPS) is 19.8. The third-order valence-corrected chi connectivity index (χ3v) is 6.86. The first-order valence-electron chi connectivity index (χ1n) is 9.99. The molecule has 2 heterocycles. The van der Waals surface area contributed by atoms with E-state index in [2.05, 4.69) is 6.07 Å². The molecule has 2 aromatic rings. The zero-order valence-electron chi connectivity index (χ0n) is 17.8. The maximum Gasteiger partial charge on any atom is 0.324 e. The van der Waals surface area contributed by atoms with Crippen LogP contribution in [0.1, 0.15) is 37.5 Å². The van der Waals surface area contributed by atoms with Gasteiger partial charge < -0.3 is 5.73 Å². The quantitative estimate of drug-likeness (QED) is 0.510. The van der Waals surface area contributed by atoms with Gasteiger partial charge in [-0.1, -0.05) is 31.3 Å². The number of allylic oxidation sites excluding steroid dienone is 3. The molecular weight excluding hydrogens is 446 g/mol. The summed E-state index contributed by atoms with van der Waals surface area (Å²) in [4.78, 5) is 36.9. The molecule has 1 aliphatic heterocycles. The molecule has 2 N–H and O–H groups in total. The Kier molecular flexibility index (Phi) is 5.26. The molecule has 0 unspecified atom stereocenters. The number of rotatable bonds is 4. The van der Waals surface area contributed by atoms with Crippen LogP contribution in [-0.2, 0) is 4.79 Å². The number of nitrogens with zero attached hydrogens (tertiary/aromatic N) is 4. The second-order valence-electron chi connectivity index (χ2n) is 8.69. The lowest BCUT2D eigenvalue weighted by Crippen LogP contribution is -2.42. The lowest BCUT2D eigenvalue weighted by molar-refractivity contribution is -0.384. The Bertz CT molecular complexity index is 1320. The minimum absolute atomic E-state index is 0.0447. The van der Waals surface area contributed by atoms with E-state index in [9.17, 15) is 30.3 Å². The number of thiophene rings is 1. The van der Waals surface area contributed by atoms with Gasteiger partial charge in [-0.05, 0) is 24.0 Å². The fourth-order valence-electron chi connectivity index (χ4n) is 4.43. The van der Waals surface area contributed by atoms with Gasteiger partial charge in [0.25, 0.3) is 5.69 Å². The molecule has 1 atom stereocenters. The molecule has 11 heteroatoms. The summed E-state index contributed by atoms with van der Waals surface area (Å²) < 4.78 is 0. The molecule has 33 heavy (non-hydrogen) atoms.